The number of rotatable bonds is 3. The fourth-order valence-electron chi connectivity index (χ4n) is 3.12. The first-order valence-corrected chi connectivity index (χ1v) is 6.87. The number of carbonyl (C=O) groups excluding carboxylic acids is 1. The van der Waals surface area contributed by atoms with E-state index in [0.29, 0.717) is 11.8 Å². The molecule has 0 spiro atoms. The van der Waals surface area contributed by atoms with E-state index in [-0.39, 0.29) is 11.9 Å². The molecule has 2 rings (SSSR count). The van der Waals surface area contributed by atoms with E-state index in [4.69, 9.17) is 4.74 Å². The third-order valence-electron chi connectivity index (χ3n) is 4.06. The summed E-state index contributed by atoms with van der Waals surface area (Å²) in [7, 11) is 0. The summed E-state index contributed by atoms with van der Waals surface area (Å²) in [6.07, 6.45) is 6.01. The van der Waals surface area contributed by atoms with Crippen LogP contribution in [0.25, 0.3) is 0 Å². The molecule has 3 heteroatoms. The van der Waals surface area contributed by atoms with E-state index in [1.165, 1.54) is 0 Å². The van der Waals surface area contributed by atoms with Gasteiger partial charge >= 0.3 is 5.97 Å². The summed E-state index contributed by atoms with van der Waals surface area (Å²) >= 11 is 0. The number of hydrogen-bond donors (Lipinski definition) is 1. The lowest BCUT2D eigenvalue weighted by Crippen LogP contribution is -2.38. The molecule has 0 aromatic carbocycles. The monoisotopic (exact) mass is 252 g/mol. The molecular weight excluding hydrogens is 228 g/mol. The summed E-state index contributed by atoms with van der Waals surface area (Å²) in [4.78, 5) is 12.0. The minimum atomic E-state index is -0.584. The van der Waals surface area contributed by atoms with Crippen LogP contribution in [0.3, 0.4) is 0 Å². The highest BCUT2D eigenvalue weighted by Gasteiger charge is 2.43. The summed E-state index contributed by atoms with van der Waals surface area (Å²) < 4.78 is 5.34. The Hall–Kier alpha value is -0.830. The second-order valence-electron chi connectivity index (χ2n) is 6.76. The Labute approximate surface area is 109 Å². The molecule has 18 heavy (non-hydrogen) atoms. The van der Waals surface area contributed by atoms with E-state index in [0.717, 1.165) is 12.8 Å². The fourth-order valence-corrected chi connectivity index (χ4v) is 3.12. The van der Waals surface area contributed by atoms with Gasteiger partial charge in [-0.25, -0.2) is 0 Å². The Morgan fingerprint density at radius 1 is 1.33 bits per heavy atom. The Balaban J connectivity index is 1.94. The number of carbonyl (C=O) groups is 1. The van der Waals surface area contributed by atoms with Gasteiger partial charge in [-0.2, -0.15) is 0 Å². The van der Waals surface area contributed by atoms with E-state index in [1.807, 2.05) is 20.8 Å². The molecule has 2 aliphatic rings. The summed E-state index contributed by atoms with van der Waals surface area (Å²) in [6.45, 7) is 7.33. The van der Waals surface area contributed by atoms with Crippen LogP contribution in [0, 0.1) is 23.7 Å². The van der Waals surface area contributed by atoms with Crippen molar-refractivity contribution in [2.45, 2.75) is 52.2 Å². The van der Waals surface area contributed by atoms with Crippen LogP contribution < -0.4 is 0 Å². The summed E-state index contributed by atoms with van der Waals surface area (Å²) in [5.74, 6) is 0.557. The molecule has 0 aliphatic heterocycles. The second-order valence-corrected chi connectivity index (χ2v) is 6.76. The molecule has 3 nitrogen and oxygen atoms in total. The van der Waals surface area contributed by atoms with E-state index in [9.17, 15) is 9.90 Å². The van der Waals surface area contributed by atoms with Gasteiger partial charge in [0.15, 0.2) is 0 Å². The summed E-state index contributed by atoms with van der Waals surface area (Å²) in [6, 6.07) is 0. The predicted molar refractivity (Wildman–Crippen MR) is 69.9 cm³/mol. The molecular formula is C15H24O3. The van der Waals surface area contributed by atoms with Gasteiger partial charge in [0, 0.05) is 0 Å². The molecule has 1 fully saturated rings. The molecule has 2 aliphatic carbocycles. The number of fused-ring (bicyclic) bond motifs is 2. The third-order valence-corrected chi connectivity index (χ3v) is 4.06. The van der Waals surface area contributed by atoms with Crippen molar-refractivity contribution < 1.29 is 14.6 Å². The van der Waals surface area contributed by atoms with Crippen molar-refractivity contribution in [3.05, 3.63) is 12.2 Å². The number of aliphatic hydroxyl groups is 1. The fraction of sp³-hybridized carbons (Fsp3) is 0.800. The van der Waals surface area contributed by atoms with E-state index in [1.54, 1.807) is 6.92 Å². The molecule has 0 aromatic heterocycles. The van der Waals surface area contributed by atoms with E-state index in [2.05, 4.69) is 12.2 Å². The van der Waals surface area contributed by atoms with Crippen molar-refractivity contribution in [1.82, 2.24) is 0 Å². The minimum absolute atomic E-state index is 0.225. The smallest absolute Gasteiger partial charge is 0.311 e. The number of esters is 1. The Kier molecular flexibility index (Phi) is 3.54. The van der Waals surface area contributed by atoms with Crippen molar-refractivity contribution >= 4 is 5.97 Å². The highest BCUT2D eigenvalue weighted by atomic mass is 16.6. The number of allylic oxidation sites excluding steroid dienone is 2. The van der Waals surface area contributed by atoms with Gasteiger partial charge in [-0.3, -0.25) is 4.79 Å². The van der Waals surface area contributed by atoms with Gasteiger partial charge in [0.2, 0.25) is 0 Å². The van der Waals surface area contributed by atoms with Gasteiger partial charge in [0.25, 0.3) is 0 Å². The molecule has 0 amide bonds. The standard InChI is InChI=1S/C15H24O3/c1-9(14(17)18-15(2,3)4)13(16)12-8-10-5-6-11(12)7-10/h5-6,9-13,16H,7-8H2,1-4H3. The first-order valence-electron chi connectivity index (χ1n) is 6.87. The maximum absolute atomic E-state index is 12.0. The largest absolute Gasteiger partial charge is 0.460 e. The highest BCUT2D eigenvalue weighted by molar-refractivity contribution is 5.73. The molecule has 102 valence electrons. The van der Waals surface area contributed by atoms with Crippen molar-refractivity contribution in [1.29, 1.82) is 0 Å². The third kappa shape index (κ3) is 2.77. The van der Waals surface area contributed by atoms with Crippen LogP contribution in [0.5, 0.6) is 0 Å². The molecule has 1 saturated carbocycles. The van der Waals surface area contributed by atoms with E-state index >= 15 is 0 Å². The number of aliphatic hydroxyl groups excluding tert-OH is 1. The molecule has 5 atom stereocenters. The lowest BCUT2D eigenvalue weighted by molar-refractivity contribution is -0.164. The lowest BCUT2D eigenvalue weighted by atomic mass is 9.83. The number of ether oxygens (including phenoxy) is 1. The average Bonchev–Trinajstić information content (AvgIpc) is 2.86. The van der Waals surface area contributed by atoms with Gasteiger partial charge in [0.1, 0.15) is 5.60 Å². The Morgan fingerprint density at radius 3 is 2.44 bits per heavy atom. The van der Waals surface area contributed by atoms with Gasteiger partial charge in [-0.1, -0.05) is 12.2 Å². The van der Waals surface area contributed by atoms with Crippen molar-refractivity contribution in [3.8, 4) is 0 Å². The van der Waals surface area contributed by atoms with Gasteiger partial charge in [-0.05, 0) is 58.3 Å². The number of hydrogen-bond acceptors (Lipinski definition) is 3. The second kappa shape index (κ2) is 4.69. The van der Waals surface area contributed by atoms with Crippen molar-refractivity contribution in [3.63, 3.8) is 0 Å². The van der Waals surface area contributed by atoms with Gasteiger partial charge < -0.3 is 9.84 Å². The molecule has 1 N–H and O–H groups in total. The highest BCUT2D eigenvalue weighted by Crippen LogP contribution is 2.46. The van der Waals surface area contributed by atoms with Crippen LogP contribution in [0.1, 0.15) is 40.5 Å². The Bertz CT molecular complexity index is 353. The van der Waals surface area contributed by atoms with Crippen LogP contribution in [0.4, 0.5) is 0 Å². The first-order chi connectivity index (χ1) is 8.28. The van der Waals surface area contributed by atoms with Crippen molar-refractivity contribution in [2.24, 2.45) is 23.7 Å². The lowest BCUT2D eigenvalue weighted by Gasteiger charge is -2.30. The van der Waals surface area contributed by atoms with Gasteiger partial charge in [0.05, 0.1) is 12.0 Å². The summed E-state index contributed by atoms with van der Waals surface area (Å²) in [5, 5.41) is 10.4. The zero-order chi connectivity index (χ0) is 13.5. The van der Waals surface area contributed by atoms with Crippen LogP contribution in [-0.2, 0) is 9.53 Å². The van der Waals surface area contributed by atoms with E-state index < -0.39 is 17.6 Å². The molecule has 0 saturated heterocycles. The zero-order valence-electron chi connectivity index (χ0n) is 11.7. The van der Waals surface area contributed by atoms with Gasteiger partial charge in [-0.15, -0.1) is 0 Å². The topological polar surface area (TPSA) is 46.5 Å². The zero-order valence-corrected chi connectivity index (χ0v) is 11.7. The van der Waals surface area contributed by atoms with Crippen LogP contribution in [0.2, 0.25) is 0 Å². The van der Waals surface area contributed by atoms with Crippen molar-refractivity contribution in [2.75, 3.05) is 0 Å². The van der Waals surface area contributed by atoms with Crippen LogP contribution >= 0.6 is 0 Å². The first kappa shape index (κ1) is 13.6. The summed E-state index contributed by atoms with van der Waals surface area (Å²) in [5.41, 5.74) is -0.486. The minimum Gasteiger partial charge on any atom is -0.460 e. The normalized spacial score (nSPS) is 33.5. The SMILES string of the molecule is CC(C(=O)OC(C)(C)C)C(O)C1CC2C=CC1C2. The maximum Gasteiger partial charge on any atom is 0.311 e. The molecule has 0 radical (unpaired) electrons. The average molecular weight is 252 g/mol. The predicted octanol–water partition coefficient (Wildman–Crippen LogP) is 2.54. The van der Waals surface area contributed by atoms with Crippen LogP contribution in [-0.4, -0.2) is 22.8 Å². The van der Waals surface area contributed by atoms with Crippen LogP contribution in [0.15, 0.2) is 12.2 Å². The quantitative estimate of drug-likeness (QED) is 0.620. The maximum atomic E-state index is 12.0. The molecule has 5 unspecified atom stereocenters. The molecule has 0 aromatic rings. The Morgan fingerprint density at radius 2 is 2.00 bits per heavy atom. The molecule has 2 bridgehead atoms. The molecule has 0 heterocycles.